The second-order valence-corrected chi connectivity index (χ2v) is 4.47. The lowest BCUT2D eigenvalue weighted by atomic mass is 10.0. The summed E-state index contributed by atoms with van der Waals surface area (Å²) in [5, 5.41) is 3.21. The molecule has 0 fully saturated rings. The zero-order valence-electron chi connectivity index (χ0n) is 9.62. The molecule has 0 radical (unpaired) electrons. The van der Waals surface area contributed by atoms with Gasteiger partial charge in [0.1, 0.15) is 5.69 Å². The number of rotatable bonds is 3. The highest BCUT2D eigenvalue weighted by Crippen LogP contribution is 2.29. The highest BCUT2D eigenvalue weighted by Gasteiger charge is 2.30. The molecule has 0 saturated carbocycles. The Morgan fingerprint density at radius 2 is 2.28 bits per heavy atom. The zero-order chi connectivity index (χ0) is 13.2. The van der Waals surface area contributed by atoms with E-state index in [9.17, 15) is 13.2 Å². The summed E-state index contributed by atoms with van der Waals surface area (Å²) >= 11 is 0.852. The van der Waals surface area contributed by atoms with Gasteiger partial charge in [0.05, 0.1) is 11.7 Å². The minimum atomic E-state index is -4.37. The van der Waals surface area contributed by atoms with Gasteiger partial charge in [-0.25, -0.2) is 0 Å². The fourth-order valence-electron chi connectivity index (χ4n) is 1.72. The molecule has 1 aliphatic heterocycles. The summed E-state index contributed by atoms with van der Waals surface area (Å²) in [6, 6.07) is 0.0379. The van der Waals surface area contributed by atoms with Crippen LogP contribution >= 0.6 is 11.7 Å². The van der Waals surface area contributed by atoms with E-state index < -0.39 is 12.8 Å². The maximum atomic E-state index is 12.1. The summed E-state index contributed by atoms with van der Waals surface area (Å²) in [7, 11) is 0. The van der Waals surface area contributed by atoms with Crippen molar-refractivity contribution in [1.82, 2.24) is 14.1 Å². The van der Waals surface area contributed by atoms with Crippen LogP contribution in [0.4, 0.5) is 13.2 Å². The molecule has 8 heteroatoms. The predicted octanol–water partition coefficient (Wildman–Crippen LogP) is 2.24. The summed E-state index contributed by atoms with van der Waals surface area (Å²) in [5.74, 6) is -0.0425. The number of nitrogens with one attached hydrogen (secondary N) is 1. The molecule has 100 valence electrons. The molecule has 0 aromatic carbocycles. The summed E-state index contributed by atoms with van der Waals surface area (Å²) < 4.78 is 48.8. The largest absolute Gasteiger partial charge is 0.466 e. The summed E-state index contributed by atoms with van der Waals surface area (Å²) in [5.41, 5.74) is 1.25. The van der Waals surface area contributed by atoms with Crippen LogP contribution in [0.5, 0.6) is 5.88 Å². The van der Waals surface area contributed by atoms with Gasteiger partial charge in [0.25, 0.3) is 5.88 Å². The summed E-state index contributed by atoms with van der Waals surface area (Å²) in [6.45, 7) is 1.43. The Balaban J connectivity index is 2.15. The van der Waals surface area contributed by atoms with Crippen LogP contribution in [0.2, 0.25) is 0 Å². The number of nitrogens with zero attached hydrogens (tertiary/aromatic N) is 2. The van der Waals surface area contributed by atoms with E-state index in [0.29, 0.717) is 5.69 Å². The van der Waals surface area contributed by atoms with Crippen LogP contribution in [-0.4, -0.2) is 34.1 Å². The number of hydrogen-bond donors (Lipinski definition) is 1. The molecule has 0 aliphatic carbocycles. The molecule has 1 N–H and O–H groups in total. The Hall–Kier alpha value is -1.15. The Morgan fingerprint density at radius 3 is 2.94 bits per heavy atom. The fraction of sp³-hybridized carbons (Fsp3) is 0.600. The third kappa shape index (κ3) is 3.20. The molecule has 2 heterocycles. The molecule has 1 aromatic heterocycles. The lowest BCUT2D eigenvalue weighted by Crippen LogP contribution is -2.31. The number of alkyl halides is 3. The standard InChI is InChI=1S/C10H12F3N3OS/c1-6-7(3-2-4-14-6)8-9(16-18-15-8)17-5-10(11,12)13/h3,6,14H,2,4-5H2,1H3. The van der Waals surface area contributed by atoms with Crippen molar-refractivity contribution in [2.45, 2.75) is 25.6 Å². The van der Waals surface area contributed by atoms with Crippen molar-refractivity contribution in [1.29, 1.82) is 0 Å². The quantitative estimate of drug-likeness (QED) is 0.922. The number of halogens is 3. The van der Waals surface area contributed by atoms with Crippen LogP contribution < -0.4 is 10.1 Å². The van der Waals surface area contributed by atoms with Gasteiger partial charge in [-0.1, -0.05) is 6.08 Å². The molecule has 0 amide bonds. The second kappa shape index (κ2) is 5.23. The van der Waals surface area contributed by atoms with Gasteiger partial charge in [0, 0.05) is 6.04 Å². The predicted molar refractivity (Wildman–Crippen MR) is 61.5 cm³/mol. The first-order chi connectivity index (χ1) is 8.47. The molecule has 1 atom stereocenters. The van der Waals surface area contributed by atoms with Crippen molar-refractivity contribution in [3.63, 3.8) is 0 Å². The van der Waals surface area contributed by atoms with Gasteiger partial charge in [-0.3, -0.25) is 0 Å². The van der Waals surface area contributed by atoms with Crippen LogP contribution in [0.15, 0.2) is 6.08 Å². The summed E-state index contributed by atoms with van der Waals surface area (Å²) in [6.07, 6.45) is -1.60. The molecule has 0 bridgehead atoms. The molecular formula is C10H12F3N3OS. The molecule has 18 heavy (non-hydrogen) atoms. The first-order valence-electron chi connectivity index (χ1n) is 5.43. The molecule has 0 saturated heterocycles. The van der Waals surface area contributed by atoms with Crippen molar-refractivity contribution in [3.8, 4) is 5.88 Å². The van der Waals surface area contributed by atoms with Crippen molar-refractivity contribution < 1.29 is 17.9 Å². The van der Waals surface area contributed by atoms with Gasteiger partial charge in [-0.15, -0.1) is 4.37 Å². The molecule has 2 rings (SSSR count). The van der Waals surface area contributed by atoms with Crippen LogP contribution in [0.25, 0.3) is 5.57 Å². The highest BCUT2D eigenvalue weighted by atomic mass is 32.1. The molecule has 1 aliphatic rings. The number of ether oxygens (including phenoxy) is 1. The number of hydrogen-bond acceptors (Lipinski definition) is 5. The van der Waals surface area contributed by atoms with Crippen molar-refractivity contribution in [2.24, 2.45) is 0 Å². The monoisotopic (exact) mass is 279 g/mol. The second-order valence-electron chi connectivity index (χ2n) is 3.95. The zero-order valence-corrected chi connectivity index (χ0v) is 10.4. The molecule has 1 unspecified atom stereocenters. The fourth-order valence-corrected chi connectivity index (χ4v) is 2.24. The normalized spacial score (nSPS) is 20.7. The van der Waals surface area contributed by atoms with Crippen LogP contribution in [0.3, 0.4) is 0 Å². The molecule has 0 spiro atoms. The lowest BCUT2D eigenvalue weighted by Gasteiger charge is -2.21. The van der Waals surface area contributed by atoms with E-state index in [4.69, 9.17) is 0 Å². The van der Waals surface area contributed by atoms with Crippen LogP contribution in [0, 0.1) is 0 Å². The third-order valence-corrected chi connectivity index (χ3v) is 3.04. The Bertz CT molecular complexity index is 444. The Morgan fingerprint density at radius 1 is 1.50 bits per heavy atom. The third-order valence-electron chi connectivity index (χ3n) is 2.53. The van der Waals surface area contributed by atoms with Gasteiger partial charge in [0.2, 0.25) is 0 Å². The van der Waals surface area contributed by atoms with E-state index in [1.165, 1.54) is 0 Å². The maximum Gasteiger partial charge on any atom is 0.422 e. The molecular weight excluding hydrogens is 267 g/mol. The minimum Gasteiger partial charge on any atom is -0.466 e. The topological polar surface area (TPSA) is 47.0 Å². The summed E-state index contributed by atoms with van der Waals surface area (Å²) in [4.78, 5) is 0. The smallest absolute Gasteiger partial charge is 0.422 e. The Labute approximate surface area is 106 Å². The van der Waals surface area contributed by atoms with Crippen LogP contribution in [0.1, 0.15) is 19.0 Å². The van der Waals surface area contributed by atoms with Gasteiger partial charge in [-0.2, -0.15) is 17.5 Å². The average molecular weight is 279 g/mol. The average Bonchev–Trinajstić information content (AvgIpc) is 2.74. The van der Waals surface area contributed by atoms with Crippen molar-refractivity contribution >= 4 is 17.3 Å². The molecule has 1 aromatic rings. The van der Waals surface area contributed by atoms with Gasteiger partial charge >= 0.3 is 6.18 Å². The lowest BCUT2D eigenvalue weighted by molar-refractivity contribution is -0.154. The van der Waals surface area contributed by atoms with E-state index in [1.54, 1.807) is 0 Å². The molecule has 4 nitrogen and oxygen atoms in total. The van der Waals surface area contributed by atoms with E-state index in [1.807, 2.05) is 13.0 Å². The van der Waals surface area contributed by atoms with Gasteiger partial charge < -0.3 is 10.1 Å². The van der Waals surface area contributed by atoms with E-state index >= 15 is 0 Å². The maximum absolute atomic E-state index is 12.1. The van der Waals surface area contributed by atoms with E-state index in [0.717, 1.165) is 30.3 Å². The van der Waals surface area contributed by atoms with Gasteiger partial charge in [0.15, 0.2) is 6.61 Å². The first-order valence-corrected chi connectivity index (χ1v) is 6.16. The van der Waals surface area contributed by atoms with Crippen molar-refractivity contribution in [2.75, 3.05) is 13.2 Å². The first kappa shape index (κ1) is 13.3. The minimum absolute atomic E-state index is 0.0379. The van der Waals surface area contributed by atoms with E-state index in [2.05, 4.69) is 18.8 Å². The highest BCUT2D eigenvalue weighted by molar-refractivity contribution is 6.99. The van der Waals surface area contributed by atoms with Crippen LogP contribution in [-0.2, 0) is 0 Å². The Kier molecular flexibility index (Phi) is 3.86. The van der Waals surface area contributed by atoms with Gasteiger partial charge in [-0.05, 0) is 25.5 Å². The van der Waals surface area contributed by atoms with Crippen molar-refractivity contribution in [3.05, 3.63) is 11.8 Å². The van der Waals surface area contributed by atoms with E-state index in [-0.39, 0.29) is 11.9 Å². The SMILES string of the molecule is CC1NCCC=C1c1nsnc1OCC(F)(F)F. The number of aromatic nitrogens is 2.